The van der Waals surface area contributed by atoms with Crippen molar-refractivity contribution < 1.29 is 9.53 Å². The minimum Gasteiger partial charge on any atom is -0.378 e. The molecule has 2 aromatic heterocycles. The first-order valence-electron chi connectivity index (χ1n) is 11.1. The van der Waals surface area contributed by atoms with E-state index in [2.05, 4.69) is 46.6 Å². The summed E-state index contributed by atoms with van der Waals surface area (Å²) >= 11 is 1.59. The van der Waals surface area contributed by atoms with Crippen LogP contribution in [0, 0.1) is 0 Å². The Morgan fingerprint density at radius 1 is 0.970 bits per heavy atom. The fraction of sp³-hybridized carbons (Fsp3) is 0.231. The van der Waals surface area contributed by atoms with Gasteiger partial charge in [0.15, 0.2) is 0 Å². The first-order chi connectivity index (χ1) is 16.3. The molecule has 1 fully saturated rings. The van der Waals surface area contributed by atoms with Crippen LogP contribution in [-0.2, 0) is 17.8 Å². The maximum absolute atomic E-state index is 13.1. The average Bonchev–Trinajstić information content (AvgIpc) is 3.54. The average molecular weight is 459 g/mol. The quantitative estimate of drug-likeness (QED) is 0.445. The van der Waals surface area contributed by atoms with Gasteiger partial charge < -0.3 is 15.0 Å². The van der Waals surface area contributed by atoms with Crippen LogP contribution >= 0.6 is 11.3 Å². The van der Waals surface area contributed by atoms with E-state index in [1.54, 1.807) is 11.3 Å². The highest BCUT2D eigenvalue weighted by Crippen LogP contribution is 2.27. The van der Waals surface area contributed by atoms with Crippen molar-refractivity contribution in [3.63, 3.8) is 0 Å². The number of benzene rings is 2. The van der Waals surface area contributed by atoms with Crippen LogP contribution in [0.25, 0.3) is 10.6 Å². The topological polar surface area (TPSA) is 59.4 Å². The summed E-state index contributed by atoms with van der Waals surface area (Å²) in [5, 5.41) is 9.81. The van der Waals surface area contributed by atoms with E-state index in [0.717, 1.165) is 48.0 Å². The maximum atomic E-state index is 13.1. The van der Waals surface area contributed by atoms with Gasteiger partial charge in [0.2, 0.25) is 0 Å². The number of carbonyl (C=O) groups is 1. The molecule has 7 heteroatoms. The number of ether oxygens (including phenoxy) is 1. The largest absolute Gasteiger partial charge is 0.378 e. The zero-order chi connectivity index (χ0) is 22.5. The molecule has 0 unspecified atom stereocenters. The summed E-state index contributed by atoms with van der Waals surface area (Å²) in [7, 11) is 0. The number of carbonyl (C=O) groups excluding carboxylic acids is 1. The van der Waals surface area contributed by atoms with Gasteiger partial charge in [0, 0.05) is 31.5 Å². The van der Waals surface area contributed by atoms with E-state index in [1.807, 2.05) is 46.6 Å². The third-order valence-electron chi connectivity index (χ3n) is 5.71. The van der Waals surface area contributed by atoms with Crippen molar-refractivity contribution in [2.75, 3.05) is 31.2 Å². The molecular weight excluding hydrogens is 432 g/mol. The first-order valence-corrected chi connectivity index (χ1v) is 12.0. The second kappa shape index (κ2) is 10.0. The molecule has 33 heavy (non-hydrogen) atoms. The van der Waals surface area contributed by atoms with Gasteiger partial charge in [-0.1, -0.05) is 48.5 Å². The highest BCUT2D eigenvalue weighted by atomic mass is 32.1. The zero-order valence-corrected chi connectivity index (χ0v) is 19.1. The molecular formula is C26H26N4O2S. The molecule has 2 aromatic carbocycles. The second-order valence-corrected chi connectivity index (χ2v) is 8.95. The molecule has 1 amide bonds. The number of thiophene rings is 1. The number of hydrogen-bond acceptors (Lipinski definition) is 5. The Kier molecular flexibility index (Phi) is 6.51. The molecule has 5 rings (SSSR count). The number of amides is 1. The van der Waals surface area contributed by atoms with E-state index in [-0.39, 0.29) is 5.91 Å². The number of nitrogens with zero attached hydrogens (tertiary/aromatic N) is 3. The number of rotatable bonds is 7. The van der Waals surface area contributed by atoms with Crippen molar-refractivity contribution in [2.45, 2.75) is 13.1 Å². The summed E-state index contributed by atoms with van der Waals surface area (Å²) in [5.41, 5.74) is 4.72. The molecule has 3 heterocycles. The minimum atomic E-state index is -0.116. The third kappa shape index (κ3) is 5.16. The third-order valence-corrected chi connectivity index (χ3v) is 6.59. The van der Waals surface area contributed by atoms with Crippen molar-refractivity contribution in [1.29, 1.82) is 0 Å². The lowest BCUT2D eigenvalue weighted by molar-refractivity contribution is 0.0951. The van der Waals surface area contributed by atoms with Crippen LogP contribution in [0.1, 0.15) is 21.5 Å². The molecule has 1 saturated heterocycles. The minimum absolute atomic E-state index is 0.116. The predicted octanol–water partition coefficient (Wildman–Crippen LogP) is 4.43. The van der Waals surface area contributed by atoms with Crippen LogP contribution < -0.4 is 10.2 Å². The lowest BCUT2D eigenvalue weighted by atomic mass is 10.1. The number of anilines is 1. The normalized spacial score (nSPS) is 13.8. The number of hydrogen-bond donors (Lipinski definition) is 1. The van der Waals surface area contributed by atoms with Crippen LogP contribution in [0.4, 0.5) is 5.69 Å². The molecule has 1 aliphatic heterocycles. The van der Waals surface area contributed by atoms with Gasteiger partial charge in [-0.25, -0.2) is 0 Å². The summed E-state index contributed by atoms with van der Waals surface area (Å²) in [5.74, 6) is -0.116. The Morgan fingerprint density at radius 3 is 2.48 bits per heavy atom. The molecule has 1 N–H and O–H groups in total. The molecule has 0 aliphatic carbocycles. The van der Waals surface area contributed by atoms with Gasteiger partial charge in [-0.05, 0) is 34.7 Å². The molecule has 0 saturated carbocycles. The summed E-state index contributed by atoms with van der Waals surface area (Å²) in [6, 6.07) is 22.5. The van der Waals surface area contributed by atoms with E-state index >= 15 is 0 Å². The lowest BCUT2D eigenvalue weighted by Crippen LogP contribution is -2.36. The monoisotopic (exact) mass is 458 g/mol. The van der Waals surface area contributed by atoms with E-state index in [4.69, 9.17) is 9.84 Å². The fourth-order valence-electron chi connectivity index (χ4n) is 3.96. The van der Waals surface area contributed by atoms with Gasteiger partial charge >= 0.3 is 0 Å². The lowest BCUT2D eigenvalue weighted by Gasteiger charge is -2.28. The summed E-state index contributed by atoms with van der Waals surface area (Å²) in [4.78, 5) is 16.4. The Hall–Kier alpha value is -3.42. The first kappa shape index (κ1) is 21.4. The van der Waals surface area contributed by atoms with E-state index in [9.17, 15) is 4.79 Å². The molecule has 0 spiro atoms. The van der Waals surface area contributed by atoms with Crippen LogP contribution in [0.2, 0.25) is 0 Å². The van der Waals surface area contributed by atoms with Crippen LogP contribution in [0.3, 0.4) is 0 Å². The summed E-state index contributed by atoms with van der Waals surface area (Å²) in [6.45, 7) is 4.44. The molecule has 0 atom stereocenters. The molecule has 1 aliphatic rings. The van der Waals surface area contributed by atoms with Gasteiger partial charge in [0.25, 0.3) is 5.91 Å². The van der Waals surface area contributed by atoms with E-state index < -0.39 is 0 Å². The fourth-order valence-corrected chi connectivity index (χ4v) is 4.68. The summed E-state index contributed by atoms with van der Waals surface area (Å²) < 4.78 is 7.27. The van der Waals surface area contributed by atoms with Crippen molar-refractivity contribution in [2.24, 2.45) is 0 Å². The van der Waals surface area contributed by atoms with E-state index in [0.29, 0.717) is 18.7 Å². The Labute approximate surface area is 197 Å². The molecule has 6 nitrogen and oxygen atoms in total. The number of aromatic nitrogens is 2. The Morgan fingerprint density at radius 2 is 1.76 bits per heavy atom. The number of nitrogens with one attached hydrogen (secondary N) is 1. The van der Waals surface area contributed by atoms with Crippen LogP contribution in [0.15, 0.2) is 78.3 Å². The van der Waals surface area contributed by atoms with Crippen LogP contribution in [-0.4, -0.2) is 42.0 Å². The molecule has 0 radical (unpaired) electrons. The van der Waals surface area contributed by atoms with Gasteiger partial charge in [0.05, 0.1) is 30.2 Å². The molecule has 0 bridgehead atoms. The molecule has 168 valence electrons. The van der Waals surface area contributed by atoms with Crippen molar-refractivity contribution >= 4 is 22.9 Å². The molecule has 4 aromatic rings. The van der Waals surface area contributed by atoms with Gasteiger partial charge in [-0.15, -0.1) is 11.3 Å². The second-order valence-electron chi connectivity index (χ2n) is 8.00. The SMILES string of the molecule is O=C(NCc1ccc(N2CCOCC2)cc1)c1cn(Cc2ccccc2)nc1-c1cccs1. The van der Waals surface area contributed by atoms with Crippen molar-refractivity contribution in [3.8, 4) is 10.6 Å². The summed E-state index contributed by atoms with van der Waals surface area (Å²) in [6.07, 6.45) is 1.85. The highest BCUT2D eigenvalue weighted by molar-refractivity contribution is 7.13. The zero-order valence-electron chi connectivity index (χ0n) is 18.3. The highest BCUT2D eigenvalue weighted by Gasteiger charge is 2.19. The van der Waals surface area contributed by atoms with Gasteiger partial charge in [-0.2, -0.15) is 5.10 Å². The standard InChI is InChI=1S/C26H26N4O2S/c31-26(27-17-20-8-10-22(11-9-20)29-12-14-32-15-13-29)23-19-30(18-21-5-2-1-3-6-21)28-25(23)24-7-4-16-33-24/h1-11,16,19H,12-15,17-18H2,(H,27,31). The van der Waals surface area contributed by atoms with Gasteiger partial charge in [-0.3, -0.25) is 9.48 Å². The van der Waals surface area contributed by atoms with Crippen molar-refractivity contribution in [1.82, 2.24) is 15.1 Å². The van der Waals surface area contributed by atoms with E-state index in [1.165, 1.54) is 5.69 Å². The smallest absolute Gasteiger partial charge is 0.255 e. The number of morpholine rings is 1. The van der Waals surface area contributed by atoms with Crippen LogP contribution in [0.5, 0.6) is 0 Å². The van der Waals surface area contributed by atoms with Crippen molar-refractivity contribution in [3.05, 3.63) is 95.0 Å². The predicted molar refractivity (Wildman–Crippen MR) is 132 cm³/mol. The Bertz CT molecular complexity index is 1180. The Balaban J connectivity index is 1.29. The maximum Gasteiger partial charge on any atom is 0.255 e. The van der Waals surface area contributed by atoms with Gasteiger partial charge in [0.1, 0.15) is 5.69 Å².